The molecule has 1 aromatic heterocycles. The van der Waals surface area contributed by atoms with Gasteiger partial charge in [-0.2, -0.15) is 0 Å². The number of hydrogen-bond donors (Lipinski definition) is 1. The Morgan fingerprint density at radius 3 is 2.21 bits per heavy atom. The highest BCUT2D eigenvalue weighted by Crippen LogP contribution is 2.40. The van der Waals surface area contributed by atoms with Gasteiger partial charge < -0.3 is 9.16 Å². The Morgan fingerprint density at radius 2 is 1.69 bits per heavy atom. The lowest BCUT2D eigenvalue weighted by molar-refractivity contribution is 0.0635. The molecule has 0 bridgehead atoms. The number of Topliss-reactive ketones (excluding diaryl/α,β-unsaturated/α-hetero) is 1. The molecule has 164 valence electrons. The molecule has 2 rings (SSSR count). The first-order valence-electron chi connectivity index (χ1n) is 10.4. The fourth-order valence-electron chi connectivity index (χ4n) is 3.07. The summed E-state index contributed by atoms with van der Waals surface area (Å²) in [6, 6.07) is 0. The molecule has 0 aliphatic heterocycles. The third-order valence-electron chi connectivity index (χ3n) is 5.67. The van der Waals surface area contributed by atoms with Crippen molar-refractivity contribution < 1.29 is 18.8 Å². The van der Waals surface area contributed by atoms with Crippen molar-refractivity contribution in [2.24, 2.45) is 5.92 Å². The van der Waals surface area contributed by atoms with E-state index in [9.17, 15) is 9.59 Å². The molecule has 1 aliphatic carbocycles. The second-order valence-corrected chi connectivity index (χ2v) is 16.2. The number of amides is 1. The Hall–Kier alpha value is -1.25. The Bertz CT molecular complexity index is 726. The zero-order valence-corrected chi connectivity index (χ0v) is 20.9. The van der Waals surface area contributed by atoms with Crippen molar-refractivity contribution in [3.63, 3.8) is 0 Å². The quantitative estimate of drug-likeness (QED) is 0.432. The van der Waals surface area contributed by atoms with Gasteiger partial charge in [-0.25, -0.2) is 9.78 Å². The summed E-state index contributed by atoms with van der Waals surface area (Å²) in [4.78, 5) is 29.5. The third kappa shape index (κ3) is 6.89. The number of nitrogens with zero attached hydrogens (tertiary/aromatic N) is 1. The van der Waals surface area contributed by atoms with E-state index < -0.39 is 20.0 Å². The molecule has 1 saturated carbocycles. The van der Waals surface area contributed by atoms with Crippen LogP contribution >= 0.6 is 11.3 Å². The van der Waals surface area contributed by atoms with Crippen LogP contribution in [-0.2, 0) is 9.16 Å². The van der Waals surface area contributed by atoms with E-state index in [0.717, 1.165) is 25.7 Å². The number of ketones is 1. The second-order valence-electron chi connectivity index (χ2n) is 10.4. The highest BCUT2D eigenvalue weighted by molar-refractivity contribution is 7.17. The predicted molar refractivity (Wildman–Crippen MR) is 120 cm³/mol. The van der Waals surface area contributed by atoms with E-state index in [0.29, 0.717) is 10.0 Å². The first-order chi connectivity index (χ1) is 13.2. The van der Waals surface area contributed by atoms with Crippen LogP contribution in [-0.4, -0.2) is 36.9 Å². The average Bonchev–Trinajstić information content (AvgIpc) is 3.00. The summed E-state index contributed by atoms with van der Waals surface area (Å²) >= 11 is 1.21. The van der Waals surface area contributed by atoms with Gasteiger partial charge in [0.1, 0.15) is 5.60 Å². The Labute approximate surface area is 179 Å². The molecule has 29 heavy (non-hydrogen) atoms. The molecule has 0 atom stereocenters. The fraction of sp³-hybridized carbons (Fsp3) is 0.762. The summed E-state index contributed by atoms with van der Waals surface area (Å²) in [7, 11) is -1.78. The maximum Gasteiger partial charge on any atom is 0.413 e. The summed E-state index contributed by atoms with van der Waals surface area (Å²) in [5.41, 5.74) is -0.578. The van der Waals surface area contributed by atoms with Gasteiger partial charge in [-0.05, 0) is 64.6 Å². The molecule has 1 fully saturated rings. The Kier molecular flexibility index (Phi) is 7.33. The number of ether oxygens (including phenoxy) is 1. The number of aromatic nitrogens is 1. The largest absolute Gasteiger partial charge is 0.444 e. The predicted octanol–water partition coefficient (Wildman–Crippen LogP) is 6.25. The average molecular weight is 441 g/mol. The van der Waals surface area contributed by atoms with Gasteiger partial charge in [-0.3, -0.25) is 10.1 Å². The molecule has 6 nitrogen and oxygen atoms in total. The summed E-state index contributed by atoms with van der Waals surface area (Å²) in [6.07, 6.45) is 4.77. The van der Waals surface area contributed by atoms with Crippen molar-refractivity contribution >= 4 is 36.7 Å². The molecule has 0 aromatic carbocycles. The van der Waals surface area contributed by atoms with Crippen LogP contribution in [0.4, 0.5) is 9.93 Å². The second kappa shape index (κ2) is 8.86. The van der Waals surface area contributed by atoms with Gasteiger partial charge in [0, 0.05) is 12.0 Å². The van der Waals surface area contributed by atoms with Crippen molar-refractivity contribution in [2.75, 3.05) is 5.32 Å². The first kappa shape index (κ1) is 24.0. The monoisotopic (exact) mass is 440 g/mol. The number of hydrogen-bond acceptors (Lipinski definition) is 6. The van der Waals surface area contributed by atoms with E-state index in [1.807, 2.05) is 0 Å². The van der Waals surface area contributed by atoms with E-state index in [1.165, 1.54) is 11.3 Å². The van der Waals surface area contributed by atoms with E-state index in [2.05, 4.69) is 44.2 Å². The molecule has 1 heterocycles. The Morgan fingerprint density at radius 1 is 1.10 bits per heavy atom. The minimum atomic E-state index is -1.78. The molecule has 1 aromatic rings. The van der Waals surface area contributed by atoms with Crippen LogP contribution in [0.2, 0.25) is 18.1 Å². The molecular formula is C21H36N2O4SSi. The summed E-state index contributed by atoms with van der Waals surface area (Å²) in [5, 5.41) is 3.18. The van der Waals surface area contributed by atoms with Gasteiger partial charge in [0.15, 0.2) is 19.2 Å². The molecule has 1 aliphatic rings. The van der Waals surface area contributed by atoms with Gasteiger partial charge >= 0.3 is 6.09 Å². The maximum absolute atomic E-state index is 12.9. The van der Waals surface area contributed by atoms with Crippen LogP contribution < -0.4 is 5.32 Å². The lowest BCUT2D eigenvalue weighted by Gasteiger charge is -2.41. The lowest BCUT2D eigenvalue weighted by atomic mass is 9.84. The SMILES string of the molecule is CC(C)(C)OC(=O)Nc1ncc(C(=O)C2CCC(O[Si](C)(C)C(C)(C)C)CC2)s1. The fourth-order valence-corrected chi connectivity index (χ4v) is 5.32. The zero-order chi connectivity index (χ0) is 22.0. The number of anilines is 1. The molecule has 0 unspecified atom stereocenters. The van der Waals surface area contributed by atoms with Crippen LogP contribution in [0, 0.1) is 5.92 Å². The number of thiazole rings is 1. The Balaban J connectivity index is 1.88. The summed E-state index contributed by atoms with van der Waals surface area (Å²) in [6.45, 7) is 16.7. The normalized spacial score (nSPS) is 21.0. The van der Waals surface area contributed by atoms with Gasteiger partial charge in [0.25, 0.3) is 0 Å². The molecule has 0 radical (unpaired) electrons. The van der Waals surface area contributed by atoms with Crippen molar-refractivity contribution in [3.8, 4) is 0 Å². The lowest BCUT2D eigenvalue weighted by Crippen LogP contribution is -2.45. The zero-order valence-electron chi connectivity index (χ0n) is 19.0. The van der Waals surface area contributed by atoms with E-state index in [-0.39, 0.29) is 22.8 Å². The topological polar surface area (TPSA) is 77.5 Å². The van der Waals surface area contributed by atoms with Gasteiger partial charge in [-0.1, -0.05) is 32.1 Å². The molecule has 1 amide bonds. The van der Waals surface area contributed by atoms with Crippen LogP contribution in [0.25, 0.3) is 0 Å². The van der Waals surface area contributed by atoms with Crippen molar-refractivity contribution in [2.45, 2.75) is 97.1 Å². The van der Waals surface area contributed by atoms with Crippen LogP contribution in [0.15, 0.2) is 6.20 Å². The van der Waals surface area contributed by atoms with Gasteiger partial charge in [0.05, 0.1) is 11.1 Å². The highest BCUT2D eigenvalue weighted by atomic mass is 32.1. The van der Waals surface area contributed by atoms with Crippen LogP contribution in [0.3, 0.4) is 0 Å². The summed E-state index contributed by atoms with van der Waals surface area (Å²) < 4.78 is 11.7. The highest BCUT2D eigenvalue weighted by Gasteiger charge is 2.40. The summed E-state index contributed by atoms with van der Waals surface area (Å²) in [5.74, 6) is 0.120. The van der Waals surface area contributed by atoms with Gasteiger partial charge in [-0.15, -0.1) is 0 Å². The van der Waals surface area contributed by atoms with E-state index >= 15 is 0 Å². The molecule has 1 N–H and O–H groups in total. The number of nitrogens with one attached hydrogen (secondary N) is 1. The number of rotatable bonds is 5. The van der Waals surface area contributed by atoms with Gasteiger partial charge in [0.2, 0.25) is 0 Å². The van der Waals surface area contributed by atoms with Crippen molar-refractivity contribution in [3.05, 3.63) is 11.1 Å². The molecular weight excluding hydrogens is 404 g/mol. The maximum atomic E-state index is 12.9. The number of carbonyl (C=O) groups excluding carboxylic acids is 2. The van der Waals surface area contributed by atoms with Crippen LogP contribution in [0.5, 0.6) is 0 Å². The minimum absolute atomic E-state index is 0.00379. The molecule has 8 heteroatoms. The smallest absolute Gasteiger partial charge is 0.413 e. The molecule has 0 spiro atoms. The first-order valence-corrected chi connectivity index (χ1v) is 14.1. The van der Waals surface area contributed by atoms with Crippen LogP contribution in [0.1, 0.15) is 76.9 Å². The number of carbonyl (C=O) groups is 2. The van der Waals surface area contributed by atoms with E-state index in [4.69, 9.17) is 9.16 Å². The van der Waals surface area contributed by atoms with Crippen molar-refractivity contribution in [1.29, 1.82) is 0 Å². The minimum Gasteiger partial charge on any atom is -0.444 e. The molecule has 0 saturated heterocycles. The van der Waals surface area contributed by atoms with E-state index in [1.54, 1.807) is 27.0 Å². The third-order valence-corrected chi connectivity index (χ3v) is 11.1. The standard InChI is InChI=1S/C21H36N2O4SSi/c1-20(2,3)26-19(25)23-18-22-13-16(28-18)17(24)14-9-11-15(12-10-14)27-29(7,8)21(4,5)6/h13-15H,9-12H2,1-8H3,(H,22,23,25). The van der Waals surface area contributed by atoms with Crippen molar-refractivity contribution in [1.82, 2.24) is 4.98 Å².